The van der Waals surface area contributed by atoms with Gasteiger partial charge in [-0.25, -0.2) is 4.98 Å². The lowest BCUT2D eigenvalue weighted by Crippen LogP contribution is -1.94. The molecule has 1 aliphatic carbocycles. The number of hydrogen-bond acceptors (Lipinski definition) is 1. The molecule has 0 unspecified atom stereocenters. The van der Waals surface area contributed by atoms with E-state index in [1.54, 1.807) is 0 Å². The maximum atomic E-state index is 4.56. The first kappa shape index (κ1) is 9.64. The van der Waals surface area contributed by atoms with Gasteiger partial charge in [0.1, 0.15) is 5.82 Å². The summed E-state index contributed by atoms with van der Waals surface area (Å²) in [6.45, 7) is 4.19. The zero-order valence-corrected chi connectivity index (χ0v) is 9.80. The van der Waals surface area contributed by atoms with Gasteiger partial charge in [0.05, 0.1) is 5.69 Å². The molecule has 1 N–H and O–H groups in total. The first-order valence-corrected chi connectivity index (χ1v) is 5.85. The second-order valence-electron chi connectivity index (χ2n) is 4.70. The molecule has 0 radical (unpaired) electrons. The molecular formula is C14H16N2. The van der Waals surface area contributed by atoms with Crippen LogP contribution in [0, 0.1) is 13.8 Å². The minimum absolute atomic E-state index is 1.01. The number of nitrogens with one attached hydrogen (secondary N) is 1. The van der Waals surface area contributed by atoms with Crippen molar-refractivity contribution >= 4 is 0 Å². The minimum Gasteiger partial charge on any atom is -0.346 e. The Morgan fingerprint density at radius 2 is 2.00 bits per heavy atom. The molecule has 2 heteroatoms. The molecule has 16 heavy (non-hydrogen) atoms. The molecule has 0 saturated carbocycles. The molecule has 82 valence electrons. The third-order valence-electron chi connectivity index (χ3n) is 3.34. The van der Waals surface area contributed by atoms with Crippen LogP contribution >= 0.6 is 0 Å². The van der Waals surface area contributed by atoms with E-state index in [4.69, 9.17) is 0 Å². The Labute approximate surface area is 95.7 Å². The fraction of sp³-hybridized carbons (Fsp3) is 0.357. The summed E-state index contributed by atoms with van der Waals surface area (Å²) in [7, 11) is 0. The third-order valence-corrected chi connectivity index (χ3v) is 3.34. The van der Waals surface area contributed by atoms with Crippen LogP contribution in [0.4, 0.5) is 0 Å². The van der Waals surface area contributed by atoms with Crippen LogP contribution in [0.3, 0.4) is 0 Å². The van der Waals surface area contributed by atoms with Crippen molar-refractivity contribution in [1.29, 1.82) is 0 Å². The fourth-order valence-electron chi connectivity index (χ4n) is 2.55. The minimum atomic E-state index is 1.01. The van der Waals surface area contributed by atoms with Crippen LogP contribution in [0.25, 0.3) is 0 Å². The van der Waals surface area contributed by atoms with Gasteiger partial charge in [-0.3, -0.25) is 0 Å². The van der Waals surface area contributed by atoms with Gasteiger partial charge in [-0.05, 0) is 37.8 Å². The number of aryl methyl sites for hydroxylation is 4. The van der Waals surface area contributed by atoms with Crippen LogP contribution in [0.15, 0.2) is 18.2 Å². The van der Waals surface area contributed by atoms with Gasteiger partial charge in [0.15, 0.2) is 0 Å². The molecular weight excluding hydrogens is 196 g/mol. The van der Waals surface area contributed by atoms with Gasteiger partial charge >= 0.3 is 0 Å². The van der Waals surface area contributed by atoms with Crippen molar-refractivity contribution in [1.82, 2.24) is 9.97 Å². The van der Waals surface area contributed by atoms with Crippen molar-refractivity contribution < 1.29 is 0 Å². The third kappa shape index (κ3) is 1.54. The summed E-state index contributed by atoms with van der Waals surface area (Å²) < 4.78 is 0. The largest absolute Gasteiger partial charge is 0.346 e. The van der Waals surface area contributed by atoms with Crippen LogP contribution in [0.2, 0.25) is 0 Å². The van der Waals surface area contributed by atoms with Gasteiger partial charge < -0.3 is 4.98 Å². The van der Waals surface area contributed by atoms with E-state index in [9.17, 15) is 0 Å². The molecule has 1 heterocycles. The van der Waals surface area contributed by atoms with Crippen LogP contribution in [0.1, 0.15) is 33.9 Å². The number of aromatic nitrogens is 2. The highest BCUT2D eigenvalue weighted by molar-refractivity contribution is 5.38. The first-order valence-electron chi connectivity index (χ1n) is 5.85. The van der Waals surface area contributed by atoms with Gasteiger partial charge in [0.25, 0.3) is 0 Å². The Morgan fingerprint density at radius 1 is 1.12 bits per heavy atom. The second-order valence-corrected chi connectivity index (χ2v) is 4.70. The van der Waals surface area contributed by atoms with Crippen LogP contribution < -0.4 is 0 Å². The molecule has 1 aromatic carbocycles. The van der Waals surface area contributed by atoms with Crippen LogP contribution in [0.5, 0.6) is 0 Å². The van der Waals surface area contributed by atoms with Crippen molar-refractivity contribution in [3.63, 3.8) is 0 Å². The molecule has 0 bridgehead atoms. The molecule has 1 aromatic heterocycles. The lowest BCUT2D eigenvalue weighted by Gasteiger charge is -2.06. The van der Waals surface area contributed by atoms with E-state index >= 15 is 0 Å². The first-order chi connectivity index (χ1) is 7.72. The van der Waals surface area contributed by atoms with E-state index in [-0.39, 0.29) is 0 Å². The average Bonchev–Trinajstić information content (AvgIpc) is 2.49. The molecule has 3 rings (SSSR count). The standard InChI is InChI=1S/C14H16N2/c1-9-3-4-11-5-6-13-14(8-12(11)7-9)16-10(2)15-13/h3-4,7H,5-6,8H2,1-2H3,(H,15,16). The van der Waals surface area contributed by atoms with E-state index in [0.29, 0.717) is 0 Å². The summed E-state index contributed by atoms with van der Waals surface area (Å²) in [5.41, 5.74) is 6.85. The van der Waals surface area contributed by atoms with E-state index in [1.807, 2.05) is 6.92 Å². The molecule has 0 spiro atoms. The summed E-state index contributed by atoms with van der Waals surface area (Å²) in [4.78, 5) is 7.95. The molecule has 0 fully saturated rings. The summed E-state index contributed by atoms with van der Waals surface area (Å²) in [6, 6.07) is 6.78. The maximum absolute atomic E-state index is 4.56. The summed E-state index contributed by atoms with van der Waals surface area (Å²) in [5.74, 6) is 1.04. The Hall–Kier alpha value is -1.57. The smallest absolute Gasteiger partial charge is 0.103 e. The number of aromatic amines is 1. The van der Waals surface area contributed by atoms with Crippen molar-refractivity contribution in [3.8, 4) is 0 Å². The number of hydrogen-bond donors (Lipinski definition) is 1. The molecule has 0 saturated heterocycles. The van der Waals surface area contributed by atoms with Gasteiger partial charge in [0, 0.05) is 12.1 Å². The van der Waals surface area contributed by atoms with Gasteiger partial charge in [-0.1, -0.05) is 23.8 Å². The van der Waals surface area contributed by atoms with Gasteiger partial charge in [0.2, 0.25) is 0 Å². The molecule has 0 amide bonds. The van der Waals surface area contributed by atoms with Crippen LogP contribution in [-0.4, -0.2) is 9.97 Å². The molecule has 2 aromatic rings. The zero-order chi connectivity index (χ0) is 11.1. The Balaban J connectivity index is 2.08. The highest BCUT2D eigenvalue weighted by Crippen LogP contribution is 2.23. The number of fused-ring (bicyclic) bond motifs is 2. The van der Waals surface area contributed by atoms with E-state index in [1.165, 1.54) is 28.1 Å². The summed E-state index contributed by atoms with van der Waals surface area (Å²) >= 11 is 0. The molecule has 0 aliphatic heterocycles. The van der Waals surface area contributed by atoms with Crippen molar-refractivity contribution in [2.24, 2.45) is 0 Å². The monoisotopic (exact) mass is 212 g/mol. The Bertz CT molecular complexity index is 538. The maximum Gasteiger partial charge on any atom is 0.103 e. The number of imidazole rings is 1. The van der Waals surface area contributed by atoms with Gasteiger partial charge in [-0.2, -0.15) is 0 Å². The topological polar surface area (TPSA) is 28.7 Å². The number of benzene rings is 1. The highest BCUT2D eigenvalue weighted by atomic mass is 14.9. The van der Waals surface area contributed by atoms with E-state index in [2.05, 4.69) is 35.1 Å². The fourth-order valence-corrected chi connectivity index (χ4v) is 2.55. The molecule has 0 atom stereocenters. The SMILES string of the molecule is Cc1ccc2c(c1)Cc1[nH]c(C)nc1CC2. The van der Waals surface area contributed by atoms with Crippen molar-refractivity contribution in [2.75, 3.05) is 0 Å². The predicted molar refractivity (Wildman–Crippen MR) is 64.7 cm³/mol. The van der Waals surface area contributed by atoms with E-state index in [0.717, 1.165) is 25.1 Å². The Kier molecular flexibility index (Phi) is 2.10. The predicted octanol–water partition coefficient (Wildman–Crippen LogP) is 2.72. The van der Waals surface area contributed by atoms with Gasteiger partial charge in [-0.15, -0.1) is 0 Å². The lowest BCUT2D eigenvalue weighted by molar-refractivity contribution is 0.923. The summed E-state index contributed by atoms with van der Waals surface area (Å²) in [6.07, 6.45) is 3.19. The molecule has 2 nitrogen and oxygen atoms in total. The normalized spacial score (nSPS) is 14.1. The number of H-pyrrole nitrogens is 1. The zero-order valence-electron chi connectivity index (χ0n) is 9.80. The van der Waals surface area contributed by atoms with Crippen LogP contribution in [-0.2, 0) is 19.3 Å². The number of nitrogens with zero attached hydrogens (tertiary/aromatic N) is 1. The van der Waals surface area contributed by atoms with Crippen molar-refractivity contribution in [3.05, 3.63) is 52.1 Å². The summed E-state index contributed by atoms with van der Waals surface area (Å²) in [5, 5.41) is 0. The average molecular weight is 212 g/mol. The highest BCUT2D eigenvalue weighted by Gasteiger charge is 2.15. The quantitative estimate of drug-likeness (QED) is 0.714. The van der Waals surface area contributed by atoms with E-state index < -0.39 is 0 Å². The molecule has 1 aliphatic rings. The number of rotatable bonds is 0. The second kappa shape index (κ2) is 3.48. The van der Waals surface area contributed by atoms with Crippen molar-refractivity contribution in [2.45, 2.75) is 33.1 Å². The Morgan fingerprint density at radius 3 is 2.88 bits per heavy atom. The lowest BCUT2D eigenvalue weighted by atomic mass is 10.0.